The number of ether oxygens (including phenoxy) is 2. The van der Waals surface area contributed by atoms with Crippen molar-refractivity contribution in [3.8, 4) is 11.5 Å². The van der Waals surface area contributed by atoms with Gasteiger partial charge in [0.15, 0.2) is 11.5 Å². The number of imide groups is 1. The highest BCUT2D eigenvalue weighted by atomic mass is 32.2. The molecular formula is C35H32N2O5S2. The number of nitrogens with one attached hydrogen (secondary N) is 1. The summed E-state index contributed by atoms with van der Waals surface area (Å²) in [5.41, 5.74) is 5.03. The first-order valence-electron chi connectivity index (χ1n) is 15.0. The number of amides is 2. The predicted molar refractivity (Wildman–Crippen MR) is 171 cm³/mol. The van der Waals surface area contributed by atoms with E-state index in [9.17, 15) is 14.4 Å². The molecule has 1 saturated heterocycles. The first-order valence-corrected chi connectivity index (χ1v) is 16.7. The Morgan fingerprint density at radius 2 is 1.66 bits per heavy atom. The minimum absolute atomic E-state index is 0.0491. The maximum absolute atomic E-state index is 14.0. The fourth-order valence-electron chi connectivity index (χ4n) is 8.30. The molecule has 44 heavy (non-hydrogen) atoms. The van der Waals surface area contributed by atoms with Gasteiger partial charge in [0.1, 0.15) is 6.61 Å². The van der Waals surface area contributed by atoms with Crippen LogP contribution >= 0.6 is 23.1 Å². The molecule has 2 aliphatic carbocycles. The Bertz CT molecular complexity index is 1860. The maximum Gasteiger partial charge on any atom is 0.305 e. The molecule has 0 spiro atoms. The number of aromatic amines is 1. The van der Waals surface area contributed by atoms with Crippen molar-refractivity contribution < 1.29 is 19.1 Å². The van der Waals surface area contributed by atoms with E-state index >= 15 is 0 Å². The second-order valence-corrected chi connectivity index (χ2v) is 14.7. The Morgan fingerprint density at radius 3 is 2.41 bits per heavy atom. The summed E-state index contributed by atoms with van der Waals surface area (Å²) < 4.78 is 12.0. The average molecular weight is 625 g/mol. The van der Waals surface area contributed by atoms with Crippen LogP contribution in [-0.4, -0.2) is 29.2 Å². The van der Waals surface area contributed by atoms with E-state index in [1.165, 1.54) is 21.8 Å². The number of aromatic nitrogens is 1. The number of carbonyl (C=O) groups excluding carboxylic acids is 2. The van der Waals surface area contributed by atoms with Crippen molar-refractivity contribution in [1.82, 2.24) is 4.98 Å². The molecule has 5 unspecified atom stereocenters. The molecule has 7 atom stereocenters. The van der Waals surface area contributed by atoms with Crippen molar-refractivity contribution in [3.63, 3.8) is 0 Å². The summed E-state index contributed by atoms with van der Waals surface area (Å²) in [6.45, 7) is 4.48. The highest BCUT2D eigenvalue weighted by molar-refractivity contribution is 8.00. The number of anilines is 1. The van der Waals surface area contributed by atoms with Crippen LogP contribution < -0.4 is 19.2 Å². The van der Waals surface area contributed by atoms with Gasteiger partial charge in [0, 0.05) is 16.0 Å². The lowest BCUT2D eigenvalue weighted by Gasteiger charge is -2.43. The van der Waals surface area contributed by atoms with Crippen molar-refractivity contribution in [2.24, 2.45) is 29.6 Å². The monoisotopic (exact) mass is 624 g/mol. The van der Waals surface area contributed by atoms with Crippen LogP contribution in [-0.2, 0) is 16.2 Å². The Kier molecular flexibility index (Phi) is 6.54. The van der Waals surface area contributed by atoms with E-state index in [4.69, 9.17) is 9.47 Å². The molecule has 8 rings (SSSR count). The minimum atomic E-state index is -0.339. The molecule has 2 bridgehead atoms. The van der Waals surface area contributed by atoms with Gasteiger partial charge < -0.3 is 14.5 Å². The molecular weight excluding hydrogens is 593 g/mol. The van der Waals surface area contributed by atoms with Gasteiger partial charge in [-0.1, -0.05) is 64.9 Å². The topological polar surface area (TPSA) is 88.7 Å². The van der Waals surface area contributed by atoms with E-state index in [2.05, 4.69) is 30.1 Å². The molecule has 2 aliphatic heterocycles. The zero-order chi connectivity index (χ0) is 30.3. The van der Waals surface area contributed by atoms with E-state index in [-0.39, 0.29) is 57.4 Å². The lowest BCUT2D eigenvalue weighted by Crippen LogP contribution is -2.42. The number of H-pyrrole nitrogens is 1. The molecule has 4 aromatic rings. The third kappa shape index (κ3) is 4.19. The van der Waals surface area contributed by atoms with Crippen LogP contribution in [0.4, 0.5) is 5.69 Å². The summed E-state index contributed by atoms with van der Waals surface area (Å²) in [5.74, 6) is 0.621. The van der Waals surface area contributed by atoms with Crippen LogP contribution in [0.1, 0.15) is 39.5 Å². The SMILES string of the molecule is COc1cc(C2c3sc(=O)[nH]c3SC3C2[C@H]2C[C@@H]3C3C(=O)N(c4ccc(C)cc4)C(=O)C32)ccc1OCc1cccc(C)c1. The molecule has 1 aromatic heterocycles. The summed E-state index contributed by atoms with van der Waals surface area (Å²) in [7, 11) is 1.64. The number of hydrogen-bond acceptors (Lipinski definition) is 7. The van der Waals surface area contributed by atoms with Gasteiger partial charge in [0.25, 0.3) is 0 Å². The molecule has 224 valence electrons. The van der Waals surface area contributed by atoms with Gasteiger partial charge in [-0.3, -0.25) is 19.3 Å². The van der Waals surface area contributed by atoms with Gasteiger partial charge in [-0.05, 0) is 73.4 Å². The van der Waals surface area contributed by atoms with Crippen LogP contribution in [0.3, 0.4) is 0 Å². The average Bonchev–Trinajstić information content (AvgIpc) is 3.75. The van der Waals surface area contributed by atoms with Gasteiger partial charge in [-0.15, -0.1) is 11.8 Å². The van der Waals surface area contributed by atoms with Crippen LogP contribution in [0.2, 0.25) is 0 Å². The summed E-state index contributed by atoms with van der Waals surface area (Å²) >= 11 is 2.95. The van der Waals surface area contributed by atoms with Crippen LogP contribution in [0.25, 0.3) is 0 Å². The Hall–Kier alpha value is -3.82. The molecule has 9 heteroatoms. The largest absolute Gasteiger partial charge is 0.493 e. The third-order valence-electron chi connectivity index (χ3n) is 10.0. The number of fused-ring (bicyclic) bond motifs is 9. The maximum atomic E-state index is 14.0. The molecule has 1 N–H and O–H groups in total. The smallest absolute Gasteiger partial charge is 0.305 e. The Balaban J connectivity index is 1.15. The highest BCUT2D eigenvalue weighted by Crippen LogP contribution is 2.68. The van der Waals surface area contributed by atoms with E-state index in [0.717, 1.165) is 33.0 Å². The van der Waals surface area contributed by atoms with E-state index in [1.54, 1.807) is 18.9 Å². The molecule has 3 heterocycles. The van der Waals surface area contributed by atoms with Crippen molar-refractivity contribution in [3.05, 3.63) is 104 Å². The van der Waals surface area contributed by atoms with Crippen molar-refractivity contribution in [1.29, 1.82) is 0 Å². The van der Waals surface area contributed by atoms with Crippen LogP contribution in [0, 0.1) is 43.4 Å². The van der Waals surface area contributed by atoms with Crippen molar-refractivity contribution >= 4 is 40.6 Å². The molecule has 2 amide bonds. The van der Waals surface area contributed by atoms with Crippen molar-refractivity contribution in [2.75, 3.05) is 12.0 Å². The van der Waals surface area contributed by atoms with Crippen LogP contribution in [0.5, 0.6) is 11.5 Å². The lowest BCUT2D eigenvalue weighted by atomic mass is 9.68. The van der Waals surface area contributed by atoms with Gasteiger partial charge in [0.2, 0.25) is 11.8 Å². The number of hydrogen-bond donors (Lipinski definition) is 1. The third-order valence-corrected chi connectivity index (χ3v) is 12.6. The van der Waals surface area contributed by atoms with Gasteiger partial charge in [-0.25, -0.2) is 0 Å². The fourth-order valence-corrected chi connectivity index (χ4v) is 11.2. The van der Waals surface area contributed by atoms with Crippen molar-refractivity contribution in [2.45, 2.75) is 43.1 Å². The van der Waals surface area contributed by atoms with Gasteiger partial charge >= 0.3 is 4.87 Å². The molecule has 2 saturated carbocycles. The summed E-state index contributed by atoms with van der Waals surface area (Å²) in [6, 6.07) is 21.9. The predicted octanol–water partition coefficient (Wildman–Crippen LogP) is 6.32. The number of nitrogens with zero attached hydrogens (tertiary/aromatic N) is 1. The van der Waals surface area contributed by atoms with E-state index in [1.807, 2.05) is 55.5 Å². The van der Waals surface area contributed by atoms with E-state index < -0.39 is 0 Å². The van der Waals surface area contributed by atoms with E-state index in [0.29, 0.717) is 23.8 Å². The second kappa shape index (κ2) is 10.4. The van der Waals surface area contributed by atoms with Gasteiger partial charge in [0.05, 0.1) is 29.7 Å². The highest BCUT2D eigenvalue weighted by Gasteiger charge is 2.69. The number of methoxy groups -OCH3 is 1. The normalized spacial score (nSPS) is 28.2. The standard InChI is InChI=1S/C35H32N2O5S2/c1-17-7-10-21(11-8-17)37-33(38)28-22-15-23(29(28)34(37)39)30-27(22)26(31-32(43-30)36-35(40)44-31)20-9-12-24(25(14-20)41-3)42-16-19-6-4-5-18(2)13-19/h4-14,22-23,26-30H,15-16H2,1-3H3,(H,36,40)/t22-,23-,26?,27?,28?,29?,30?/m1/s1. The fraction of sp³-hybridized carbons (Fsp3) is 0.343. The number of aryl methyl sites for hydroxylation is 2. The zero-order valence-corrected chi connectivity index (χ0v) is 26.2. The lowest BCUT2D eigenvalue weighted by molar-refractivity contribution is -0.123. The second-order valence-electron chi connectivity index (χ2n) is 12.5. The molecule has 3 aromatic carbocycles. The summed E-state index contributed by atoms with van der Waals surface area (Å²) in [5, 5.41) is 1.02. The number of benzene rings is 3. The Labute approximate surface area is 263 Å². The molecule has 4 aliphatic rings. The number of thiazole rings is 1. The number of thioether (sulfide) groups is 1. The molecule has 0 radical (unpaired) electrons. The molecule has 7 nitrogen and oxygen atoms in total. The quantitative estimate of drug-likeness (QED) is 0.253. The first kappa shape index (κ1) is 27.7. The summed E-state index contributed by atoms with van der Waals surface area (Å²) in [6.07, 6.45) is 0.849. The van der Waals surface area contributed by atoms with Gasteiger partial charge in [-0.2, -0.15) is 0 Å². The minimum Gasteiger partial charge on any atom is -0.493 e. The number of carbonyl (C=O) groups is 2. The number of rotatable bonds is 6. The first-order chi connectivity index (χ1) is 21.3. The van der Waals surface area contributed by atoms with Crippen LogP contribution in [0.15, 0.2) is 76.6 Å². The summed E-state index contributed by atoms with van der Waals surface area (Å²) in [4.78, 5) is 46.0. The Morgan fingerprint density at radius 1 is 0.886 bits per heavy atom. The molecule has 3 fully saturated rings. The zero-order valence-electron chi connectivity index (χ0n) is 24.6.